The summed E-state index contributed by atoms with van der Waals surface area (Å²) in [4.78, 5) is 24.3. The summed E-state index contributed by atoms with van der Waals surface area (Å²) in [6.45, 7) is 12.7. The zero-order valence-corrected chi connectivity index (χ0v) is 33.4. The molecule has 0 aromatic heterocycles. The molecule has 292 valence electrons. The van der Waals surface area contributed by atoms with Crippen LogP contribution in [0, 0.1) is 29.1 Å². The number of ether oxygens (including phenoxy) is 2. The third-order valence-electron chi connectivity index (χ3n) is 13.2. The van der Waals surface area contributed by atoms with Gasteiger partial charge in [-0.2, -0.15) is 16.8 Å². The van der Waals surface area contributed by atoms with Crippen molar-refractivity contribution in [3.8, 4) is 16.9 Å². The lowest BCUT2D eigenvalue weighted by Crippen LogP contribution is -2.60. The second-order valence-corrected chi connectivity index (χ2v) is 18.1. The van der Waals surface area contributed by atoms with Gasteiger partial charge in [0.05, 0.1) is 32.4 Å². The van der Waals surface area contributed by atoms with Gasteiger partial charge in [0.15, 0.2) is 0 Å². The fourth-order valence-electron chi connectivity index (χ4n) is 9.86. The van der Waals surface area contributed by atoms with Crippen LogP contribution in [0.1, 0.15) is 56.5 Å². The maximum atomic E-state index is 13.5. The largest absolute Gasteiger partial charge is 0.496 e. The molecule has 11 nitrogen and oxygen atoms in total. The van der Waals surface area contributed by atoms with Gasteiger partial charge in [-0.05, 0) is 66.7 Å². The molecule has 0 radical (unpaired) electrons. The van der Waals surface area contributed by atoms with E-state index in [0.717, 1.165) is 71.8 Å². The van der Waals surface area contributed by atoms with Crippen molar-refractivity contribution in [2.75, 3.05) is 70.4 Å². The Morgan fingerprint density at radius 3 is 2.60 bits per heavy atom. The van der Waals surface area contributed by atoms with Gasteiger partial charge in [0.1, 0.15) is 24.2 Å². The van der Waals surface area contributed by atoms with Crippen molar-refractivity contribution in [1.82, 2.24) is 20.6 Å². The number of epoxide rings is 1. The number of carbonyl (C=O) groups excluding carboxylic acids is 1. The van der Waals surface area contributed by atoms with E-state index in [4.69, 9.17) is 14.3 Å². The minimum atomic E-state index is -0.709. The van der Waals surface area contributed by atoms with Crippen LogP contribution in [0.2, 0.25) is 0 Å². The number of hydrogen-bond acceptors (Lipinski definition) is 11. The van der Waals surface area contributed by atoms with E-state index in [2.05, 4.69) is 42.4 Å². The van der Waals surface area contributed by atoms with E-state index in [1.54, 1.807) is 14.0 Å². The Kier molecular flexibility index (Phi) is 11.7. The fraction of sp³-hybridized carbons (Fsp3) is 0.683. The Balaban J connectivity index is 1.10. The topological polar surface area (TPSA) is 122 Å². The van der Waals surface area contributed by atoms with Crippen LogP contribution in [-0.2, 0) is 16.1 Å². The van der Waals surface area contributed by atoms with Crippen LogP contribution >= 0.6 is 11.8 Å². The number of thioether (sulfide) groups is 1. The minimum absolute atomic E-state index is 0.0973. The van der Waals surface area contributed by atoms with Crippen molar-refractivity contribution in [2.45, 2.75) is 83.7 Å². The second-order valence-electron chi connectivity index (χ2n) is 16.8. The first-order valence-electron chi connectivity index (χ1n) is 19.6. The van der Waals surface area contributed by atoms with Crippen molar-refractivity contribution in [1.29, 1.82) is 0 Å². The number of aliphatic hydroxyl groups is 2. The number of amides is 1. The Labute approximate surface area is 320 Å². The number of fused-ring (bicyclic) bond motifs is 2. The van der Waals surface area contributed by atoms with Crippen molar-refractivity contribution in [3.63, 3.8) is 0 Å². The highest BCUT2D eigenvalue weighted by Gasteiger charge is 2.61. The number of hydroxylamine groups is 2. The van der Waals surface area contributed by atoms with Gasteiger partial charge >= 0.3 is 0 Å². The van der Waals surface area contributed by atoms with E-state index in [1.165, 1.54) is 6.42 Å². The van der Waals surface area contributed by atoms with Crippen molar-refractivity contribution < 1.29 is 29.3 Å². The molecule has 2 aromatic rings. The molecule has 8 rings (SSSR count). The molecule has 10 atom stereocenters. The summed E-state index contributed by atoms with van der Waals surface area (Å²) >= 11 is 1.98. The average molecular weight is 752 g/mol. The molecule has 3 aliphatic heterocycles. The Hall–Kier alpha value is -2.42. The Morgan fingerprint density at radius 1 is 1.17 bits per heavy atom. The number of para-hydroxylation sites is 1. The van der Waals surface area contributed by atoms with Gasteiger partial charge < -0.3 is 29.9 Å². The molecule has 6 fully saturated rings. The number of benzene rings is 2. The van der Waals surface area contributed by atoms with E-state index in [1.807, 2.05) is 66.2 Å². The Bertz CT molecular complexity index is 1600. The van der Waals surface area contributed by atoms with Gasteiger partial charge in [0.25, 0.3) is 5.91 Å². The van der Waals surface area contributed by atoms with Crippen LogP contribution in [0.4, 0.5) is 5.69 Å². The van der Waals surface area contributed by atoms with Crippen molar-refractivity contribution in [3.05, 3.63) is 47.5 Å². The van der Waals surface area contributed by atoms with E-state index >= 15 is 0 Å². The first kappa shape index (κ1) is 38.8. The van der Waals surface area contributed by atoms with Crippen LogP contribution in [0.25, 0.3) is 11.1 Å². The molecule has 3 saturated carbocycles. The summed E-state index contributed by atoms with van der Waals surface area (Å²) in [7, 11) is 5.62. The fourth-order valence-corrected chi connectivity index (χ4v) is 10.8. The molecular weight excluding hydrogens is 691 g/mol. The third kappa shape index (κ3) is 7.85. The van der Waals surface area contributed by atoms with E-state index in [9.17, 15) is 15.0 Å². The van der Waals surface area contributed by atoms with Gasteiger partial charge in [-0.1, -0.05) is 39.0 Å². The molecule has 12 heteroatoms. The maximum Gasteiger partial charge on any atom is 0.251 e. The number of rotatable bonds is 14. The minimum Gasteiger partial charge on any atom is -0.496 e. The Morgan fingerprint density at radius 2 is 1.94 bits per heavy atom. The molecule has 3 aliphatic carbocycles. The lowest BCUT2D eigenvalue weighted by atomic mass is 9.45. The van der Waals surface area contributed by atoms with E-state index in [0.29, 0.717) is 41.8 Å². The molecule has 2 aromatic carbocycles. The summed E-state index contributed by atoms with van der Waals surface area (Å²) in [5, 5.41) is 30.3. The number of nitrogens with one attached hydrogen (secondary N) is 2. The first-order chi connectivity index (χ1) is 25.4. The van der Waals surface area contributed by atoms with Crippen molar-refractivity contribution >= 4 is 23.4 Å². The molecule has 2 unspecified atom stereocenters. The quantitative estimate of drug-likeness (QED) is 0.209. The molecule has 4 N–H and O–H groups in total. The van der Waals surface area contributed by atoms with Gasteiger partial charge in [-0.15, -0.1) is 0 Å². The molecule has 3 heterocycles. The smallest absolute Gasteiger partial charge is 0.251 e. The number of hydrogen-bond donors (Lipinski definition) is 4. The lowest BCUT2D eigenvalue weighted by molar-refractivity contribution is -0.180. The standard InChI is InChI=1S/C41H61N5O6S/c1-24-32-20-29(41(32,3)4)21-33(24)43-40-38(51-40)36-35(25(2)48)34(23-47)52-46(36)22-26-9-8-10-31(37(26)50-7)27-17-28(19-30(18-27)44(5)6)39(49)42-11-12-45-13-15-53-16-14-45/h8-10,17-19,24-25,29,32-36,38,40,43,47-48H,11-16,20-23H2,1-7H3,(H,42,49)/t24-,25-,29+,32-,33-,34-,35-,36-,38?,40?/m0/s1. The predicted octanol–water partition coefficient (Wildman–Crippen LogP) is 4.07. The van der Waals surface area contributed by atoms with Crippen LogP contribution < -0.4 is 20.3 Å². The van der Waals surface area contributed by atoms with E-state index in [-0.39, 0.29) is 36.8 Å². The zero-order valence-electron chi connectivity index (χ0n) is 32.6. The molecular formula is C41H61N5O6S. The van der Waals surface area contributed by atoms with Crippen LogP contribution in [0.3, 0.4) is 0 Å². The van der Waals surface area contributed by atoms with Gasteiger partial charge in [-0.3, -0.25) is 19.8 Å². The second kappa shape index (κ2) is 16.0. The highest BCUT2D eigenvalue weighted by atomic mass is 32.2. The highest BCUT2D eigenvalue weighted by molar-refractivity contribution is 7.99. The first-order valence-corrected chi connectivity index (χ1v) is 20.8. The summed E-state index contributed by atoms with van der Waals surface area (Å²) in [6, 6.07) is 12.1. The molecule has 6 aliphatic rings. The molecule has 1 amide bonds. The maximum absolute atomic E-state index is 13.5. The van der Waals surface area contributed by atoms with Crippen molar-refractivity contribution in [2.24, 2.45) is 29.1 Å². The third-order valence-corrected chi connectivity index (χ3v) is 14.2. The monoisotopic (exact) mass is 751 g/mol. The number of carbonyl (C=O) groups is 1. The average Bonchev–Trinajstić information content (AvgIpc) is 3.80. The number of anilines is 1. The predicted molar refractivity (Wildman–Crippen MR) is 210 cm³/mol. The van der Waals surface area contributed by atoms with Gasteiger partial charge in [-0.25, -0.2) is 0 Å². The van der Waals surface area contributed by atoms with E-state index < -0.39 is 12.2 Å². The number of aliphatic hydroxyl groups excluding tert-OH is 2. The molecule has 0 spiro atoms. The normalized spacial score (nSPS) is 32.9. The summed E-state index contributed by atoms with van der Waals surface area (Å²) in [5.74, 6) is 4.56. The summed E-state index contributed by atoms with van der Waals surface area (Å²) < 4.78 is 12.5. The summed E-state index contributed by atoms with van der Waals surface area (Å²) in [5.41, 5.74) is 4.56. The SMILES string of the molecule is COc1c(CN2O[C@@H](CO)[C@H]([C@H](C)O)[C@H]2C2OC2N[C@H]2C[C@H]3C[C@@H]([C@@H]2C)C3(C)C)cccc1-c1cc(C(=O)NCCN2CCSCC2)cc(N(C)C)c1. The number of methoxy groups -OCH3 is 1. The zero-order chi connectivity index (χ0) is 37.6. The molecule has 3 saturated heterocycles. The molecule has 53 heavy (non-hydrogen) atoms. The van der Waals surface area contributed by atoms with Crippen LogP contribution in [0.5, 0.6) is 5.75 Å². The lowest BCUT2D eigenvalue weighted by Gasteiger charge is -2.62. The van der Waals surface area contributed by atoms with Gasteiger partial charge in [0.2, 0.25) is 0 Å². The summed E-state index contributed by atoms with van der Waals surface area (Å²) in [6.07, 6.45) is 0.878. The highest BCUT2D eigenvalue weighted by Crippen LogP contribution is 2.61. The van der Waals surface area contributed by atoms with Crippen LogP contribution in [-0.4, -0.2) is 128 Å². The van der Waals surface area contributed by atoms with Crippen LogP contribution in [0.15, 0.2) is 36.4 Å². The number of nitrogens with zero attached hydrogens (tertiary/aromatic N) is 3. The van der Waals surface area contributed by atoms with Gasteiger partial charge in [0, 0.05) is 86.1 Å². The molecule has 2 bridgehead atoms.